The van der Waals surface area contributed by atoms with E-state index in [1.807, 2.05) is 4.90 Å². The first-order valence-corrected chi connectivity index (χ1v) is 10.3. The summed E-state index contributed by atoms with van der Waals surface area (Å²) < 4.78 is 0. The largest absolute Gasteiger partial charge is 0.481 e. The van der Waals surface area contributed by atoms with Crippen LogP contribution in [0.3, 0.4) is 0 Å². The van der Waals surface area contributed by atoms with Gasteiger partial charge in [-0.3, -0.25) is 9.59 Å². The van der Waals surface area contributed by atoms with Gasteiger partial charge in [0.05, 0.1) is 12.2 Å². The summed E-state index contributed by atoms with van der Waals surface area (Å²) in [5.74, 6) is -0.529. The van der Waals surface area contributed by atoms with Crippen LogP contribution in [-0.2, 0) is 9.59 Å². The Bertz CT molecular complexity index is 413. The lowest BCUT2D eigenvalue weighted by atomic mass is 9.94. The van der Waals surface area contributed by atoms with Crippen molar-refractivity contribution in [2.24, 2.45) is 0 Å². The molecule has 1 heterocycles. The minimum Gasteiger partial charge on any atom is -0.481 e. The molecule has 0 aromatic carbocycles. The van der Waals surface area contributed by atoms with E-state index in [-0.39, 0.29) is 30.6 Å². The lowest BCUT2D eigenvalue weighted by Crippen LogP contribution is -2.44. The predicted octanol–water partition coefficient (Wildman–Crippen LogP) is 3.09. The van der Waals surface area contributed by atoms with Crippen molar-refractivity contribution in [1.82, 2.24) is 4.90 Å². The molecular weight excluding hydrogens is 334 g/mol. The standard InChI is InChI=1S/C20H37NO5/c1-16(22)8-6-10-18(23)14-13-17-9-7-11-19(24)21(17)15-5-3-2-4-12-20(25)26/h16-18,22-23H,2-15H2,1H3,(H,25,26)/t16?,17-,18?/m1/s1. The molecule has 1 aliphatic heterocycles. The number of hydrogen-bond donors (Lipinski definition) is 3. The molecule has 0 aliphatic carbocycles. The zero-order valence-electron chi connectivity index (χ0n) is 16.2. The number of nitrogens with zero attached hydrogens (tertiary/aromatic N) is 1. The van der Waals surface area contributed by atoms with Crippen LogP contribution in [0, 0.1) is 0 Å². The molecule has 0 saturated carbocycles. The number of hydrogen-bond acceptors (Lipinski definition) is 4. The fourth-order valence-electron chi connectivity index (χ4n) is 3.69. The van der Waals surface area contributed by atoms with Crippen LogP contribution in [0.25, 0.3) is 0 Å². The molecule has 0 bridgehead atoms. The number of aliphatic carboxylic acids is 1. The summed E-state index contributed by atoms with van der Waals surface area (Å²) in [5.41, 5.74) is 0. The van der Waals surface area contributed by atoms with Gasteiger partial charge in [-0.1, -0.05) is 12.8 Å². The third-order valence-electron chi connectivity index (χ3n) is 5.22. The Morgan fingerprint density at radius 3 is 2.54 bits per heavy atom. The minimum atomic E-state index is -0.747. The van der Waals surface area contributed by atoms with E-state index < -0.39 is 5.97 Å². The van der Waals surface area contributed by atoms with Crippen LogP contribution < -0.4 is 0 Å². The number of carboxylic acid groups (broad SMARTS) is 1. The van der Waals surface area contributed by atoms with Gasteiger partial charge in [-0.2, -0.15) is 0 Å². The fraction of sp³-hybridized carbons (Fsp3) is 0.900. The lowest BCUT2D eigenvalue weighted by molar-refractivity contribution is -0.137. The van der Waals surface area contributed by atoms with E-state index in [0.717, 1.165) is 51.5 Å². The first kappa shape index (κ1) is 22.9. The summed E-state index contributed by atoms with van der Waals surface area (Å²) >= 11 is 0. The van der Waals surface area contributed by atoms with Crippen molar-refractivity contribution in [1.29, 1.82) is 0 Å². The number of unbranched alkanes of at least 4 members (excludes halogenated alkanes) is 3. The highest BCUT2D eigenvalue weighted by Gasteiger charge is 2.27. The van der Waals surface area contributed by atoms with E-state index in [9.17, 15) is 19.8 Å². The first-order chi connectivity index (χ1) is 12.4. The number of rotatable bonds is 14. The normalized spacial score (nSPS) is 20.2. The third kappa shape index (κ3) is 10.1. The van der Waals surface area contributed by atoms with Crippen molar-refractivity contribution in [2.75, 3.05) is 6.54 Å². The molecule has 0 aromatic heterocycles. The van der Waals surface area contributed by atoms with Crippen molar-refractivity contribution in [3.8, 4) is 0 Å². The van der Waals surface area contributed by atoms with Gasteiger partial charge in [-0.05, 0) is 64.7 Å². The summed E-state index contributed by atoms with van der Waals surface area (Å²) in [5, 5.41) is 28.0. The van der Waals surface area contributed by atoms with E-state index in [0.29, 0.717) is 32.1 Å². The second-order valence-electron chi connectivity index (χ2n) is 7.70. The number of aliphatic hydroxyl groups excluding tert-OH is 2. The van der Waals surface area contributed by atoms with Crippen LogP contribution in [0.15, 0.2) is 0 Å². The Labute approximate surface area is 157 Å². The van der Waals surface area contributed by atoms with Crippen LogP contribution in [0.1, 0.15) is 90.4 Å². The van der Waals surface area contributed by atoms with Gasteiger partial charge in [-0.25, -0.2) is 0 Å². The fourth-order valence-corrected chi connectivity index (χ4v) is 3.69. The lowest BCUT2D eigenvalue weighted by Gasteiger charge is -2.36. The molecule has 1 saturated heterocycles. The van der Waals surface area contributed by atoms with Gasteiger partial charge in [0.25, 0.3) is 0 Å². The molecule has 6 nitrogen and oxygen atoms in total. The summed E-state index contributed by atoms with van der Waals surface area (Å²) in [6.07, 6.45) is 9.33. The van der Waals surface area contributed by atoms with Crippen LogP contribution >= 0.6 is 0 Å². The maximum Gasteiger partial charge on any atom is 0.303 e. The van der Waals surface area contributed by atoms with Gasteiger partial charge >= 0.3 is 5.97 Å². The van der Waals surface area contributed by atoms with E-state index in [4.69, 9.17) is 5.11 Å². The predicted molar refractivity (Wildman–Crippen MR) is 101 cm³/mol. The Balaban J connectivity index is 2.28. The molecular formula is C20H37NO5. The Morgan fingerprint density at radius 1 is 1.12 bits per heavy atom. The molecule has 2 unspecified atom stereocenters. The zero-order chi connectivity index (χ0) is 19.4. The second-order valence-corrected chi connectivity index (χ2v) is 7.70. The van der Waals surface area contributed by atoms with Crippen LogP contribution in [0.2, 0.25) is 0 Å². The molecule has 0 spiro atoms. The van der Waals surface area contributed by atoms with Crippen molar-refractivity contribution < 1.29 is 24.9 Å². The summed E-state index contributed by atoms with van der Waals surface area (Å²) in [6, 6.07) is 0.224. The molecule has 26 heavy (non-hydrogen) atoms. The molecule has 1 aliphatic rings. The van der Waals surface area contributed by atoms with Crippen LogP contribution in [-0.4, -0.2) is 56.9 Å². The summed E-state index contributed by atoms with van der Waals surface area (Å²) in [7, 11) is 0. The maximum atomic E-state index is 12.3. The molecule has 3 atom stereocenters. The first-order valence-electron chi connectivity index (χ1n) is 10.3. The third-order valence-corrected chi connectivity index (χ3v) is 5.22. The van der Waals surface area contributed by atoms with Gasteiger partial charge in [0.2, 0.25) is 5.91 Å². The SMILES string of the molecule is CC(O)CCCC(O)CC[C@H]1CCCC(=O)N1CCCCCCC(=O)O. The summed E-state index contributed by atoms with van der Waals surface area (Å²) in [4.78, 5) is 24.8. The Hall–Kier alpha value is -1.14. The average molecular weight is 372 g/mol. The Kier molecular flexibility index (Phi) is 11.5. The molecule has 1 rings (SSSR count). The number of amides is 1. The van der Waals surface area contributed by atoms with Crippen molar-refractivity contribution >= 4 is 11.9 Å². The quantitative estimate of drug-likeness (QED) is 0.408. The second kappa shape index (κ2) is 13.1. The molecule has 0 aromatic rings. The zero-order valence-corrected chi connectivity index (χ0v) is 16.2. The molecule has 152 valence electrons. The molecule has 1 fully saturated rings. The van der Waals surface area contributed by atoms with Crippen LogP contribution in [0.5, 0.6) is 0 Å². The topological polar surface area (TPSA) is 98.1 Å². The van der Waals surface area contributed by atoms with E-state index in [2.05, 4.69) is 0 Å². The smallest absolute Gasteiger partial charge is 0.303 e. The molecule has 0 radical (unpaired) electrons. The number of piperidine rings is 1. The highest BCUT2D eigenvalue weighted by Crippen LogP contribution is 2.24. The minimum absolute atomic E-state index is 0.218. The molecule has 1 amide bonds. The van der Waals surface area contributed by atoms with Gasteiger partial charge in [0.15, 0.2) is 0 Å². The summed E-state index contributed by atoms with van der Waals surface area (Å²) in [6.45, 7) is 2.51. The van der Waals surface area contributed by atoms with Gasteiger partial charge in [-0.15, -0.1) is 0 Å². The van der Waals surface area contributed by atoms with Gasteiger partial charge in [0.1, 0.15) is 0 Å². The number of aliphatic hydroxyl groups is 2. The number of likely N-dealkylation sites (tertiary alicyclic amines) is 1. The monoisotopic (exact) mass is 371 g/mol. The molecule has 3 N–H and O–H groups in total. The van der Waals surface area contributed by atoms with E-state index in [1.165, 1.54) is 0 Å². The van der Waals surface area contributed by atoms with E-state index in [1.54, 1.807) is 6.92 Å². The van der Waals surface area contributed by atoms with Crippen LogP contribution in [0.4, 0.5) is 0 Å². The van der Waals surface area contributed by atoms with Crippen molar-refractivity contribution in [2.45, 2.75) is 109 Å². The number of carbonyl (C=O) groups excluding carboxylic acids is 1. The highest BCUT2D eigenvalue weighted by atomic mass is 16.4. The average Bonchev–Trinajstić information content (AvgIpc) is 2.57. The highest BCUT2D eigenvalue weighted by molar-refractivity contribution is 5.77. The Morgan fingerprint density at radius 2 is 1.85 bits per heavy atom. The van der Waals surface area contributed by atoms with Gasteiger partial charge in [0, 0.05) is 25.4 Å². The maximum absolute atomic E-state index is 12.3. The van der Waals surface area contributed by atoms with Gasteiger partial charge < -0.3 is 20.2 Å². The number of carbonyl (C=O) groups is 2. The number of carboxylic acids is 1. The van der Waals surface area contributed by atoms with E-state index >= 15 is 0 Å². The van der Waals surface area contributed by atoms with Crippen molar-refractivity contribution in [3.05, 3.63) is 0 Å². The molecule has 6 heteroatoms. The van der Waals surface area contributed by atoms with Crippen molar-refractivity contribution in [3.63, 3.8) is 0 Å².